The molecular weight excluding hydrogens is 430 g/mol. The minimum Gasteiger partial charge on any atom is -0.493 e. The van der Waals surface area contributed by atoms with Crippen molar-refractivity contribution in [3.8, 4) is 5.75 Å². The van der Waals surface area contributed by atoms with Gasteiger partial charge < -0.3 is 14.5 Å². The summed E-state index contributed by atoms with van der Waals surface area (Å²) in [5.41, 5.74) is 0.917. The second kappa shape index (κ2) is 10.6. The highest BCUT2D eigenvalue weighted by Crippen LogP contribution is 2.24. The molecule has 0 aliphatic carbocycles. The minimum atomic E-state index is 0.0955. The molecule has 2 saturated heterocycles. The number of urea groups is 1. The number of amides is 2. The number of rotatable bonds is 8. The Bertz CT molecular complexity index is 854. The summed E-state index contributed by atoms with van der Waals surface area (Å²) in [5, 5.41) is 0.689. The van der Waals surface area contributed by atoms with Gasteiger partial charge in [0.1, 0.15) is 5.75 Å². The van der Waals surface area contributed by atoms with Crippen molar-refractivity contribution in [2.24, 2.45) is 5.92 Å². The molecule has 166 valence electrons. The highest BCUT2D eigenvalue weighted by atomic mass is 35.5. The van der Waals surface area contributed by atoms with Gasteiger partial charge in [0.15, 0.2) is 0 Å². The molecule has 0 atom stereocenters. The van der Waals surface area contributed by atoms with Crippen molar-refractivity contribution in [1.29, 1.82) is 0 Å². The molecule has 0 aromatic heterocycles. The molecule has 0 N–H and O–H groups in total. The number of anilines is 1. The minimum absolute atomic E-state index is 0.0955. The lowest BCUT2D eigenvalue weighted by atomic mass is 9.98. The van der Waals surface area contributed by atoms with Crippen molar-refractivity contribution in [3.63, 3.8) is 0 Å². The number of nitrogens with zero attached hydrogens (tertiary/aromatic N) is 3. The van der Waals surface area contributed by atoms with E-state index in [2.05, 4.69) is 35.4 Å². The first-order valence-electron chi connectivity index (χ1n) is 10.9. The van der Waals surface area contributed by atoms with Crippen molar-refractivity contribution >= 4 is 35.1 Å². The molecule has 2 fully saturated rings. The number of benzene rings is 2. The quantitative estimate of drug-likeness (QED) is 0.515. The van der Waals surface area contributed by atoms with Crippen molar-refractivity contribution in [3.05, 3.63) is 53.6 Å². The second-order valence-electron chi connectivity index (χ2n) is 8.17. The van der Waals surface area contributed by atoms with Crippen LogP contribution in [0.4, 0.5) is 10.5 Å². The topological polar surface area (TPSA) is 36.0 Å². The molecule has 4 rings (SSSR count). The largest absolute Gasteiger partial charge is 0.493 e. The van der Waals surface area contributed by atoms with E-state index in [1.54, 1.807) is 11.8 Å². The third-order valence-electron chi connectivity index (χ3n) is 6.17. The predicted octanol–water partition coefficient (Wildman–Crippen LogP) is 5.09. The average Bonchev–Trinajstić information content (AvgIpc) is 3.18. The van der Waals surface area contributed by atoms with E-state index in [4.69, 9.17) is 16.3 Å². The highest BCUT2D eigenvalue weighted by molar-refractivity contribution is 7.98. The summed E-state index contributed by atoms with van der Waals surface area (Å²) in [6, 6.07) is 15.9. The Labute approximate surface area is 194 Å². The number of hydrogen-bond donors (Lipinski definition) is 0. The summed E-state index contributed by atoms with van der Waals surface area (Å²) in [6.07, 6.45) is 4.38. The lowest BCUT2D eigenvalue weighted by molar-refractivity contribution is 0.133. The van der Waals surface area contributed by atoms with Crippen molar-refractivity contribution in [2.75, 3.05) is 57.0 Å². The first-order valence-corrected chi connectivity index (χ1v) is 12.5. The van der Waals surface area contributed by atoms with Crippen molar-refractivity contribution in [2.45, 2.75) is 17.7 Å². The maximum atomic E-state index is 12.8. The standard InChI is InChI=1S/C24H30ClN3O2S/c1-31-23-8-6-22(7-9-23)30-18-19-10-12-26(13-11-19)14-15-27-16-17-28(24(27)29)21-4-2-20(25)3-5-21/h2-9,19H,10-18H2,1H3. The first-order chi connectivity index (χ1) is 15.1. The molecule has 0 radical (unpaired) electrons. The maximum Gasteiger partial charge on any atom is 0.324 e. The Hall–Kier alpha value is -1.89. The van der Waals surface area contributed by atoms with E-state index in [-0.39, 0.29) is 6.03 Å². The van der Waals surface area contributed by atoms with Crippen LogP contribution in [0, 0.1) is 5.92 Å². The zero-order valence-corrected chi connectivity index (χ0v) is 19.6. The van der Waals surface area contributed by atoms with Gasteiger partial charge in [0.2, 0.25) is 0 Å². The van der Waals surface area contributed by atoms with Gasteiger partial charge in [-0.2, -0.15) is 0 Å². The van der Waals surface area contributed by atoms with Crippen LogP contribution in [0.3, 0.4) is 0 Å². The van der Waals surface area contributed by atoms with Crippen LogP contribution >= 0.6 is 23.4 Å². The van der Waals surface area contributed by atoms with Gasteiger partial charge in [0, 0.05) is 41.8 Å². The zero-order chi connectivity index (χ0) is 21.6. The van der Waals surface area contributed by atoms with Crippen LogP contribution in [-0.4, -0.2) is 68.0 Å². The van der Waals surface area contributed by atoms with E-state index < -0.39 is 0 Å². The van der Waals surface area contributed by atoms with E-state index in [9.17, 15) is 4.79 Å². The number of piperidine rings is 1. The van der Waals surface area contributed by atoms with Crippen molar-refractivity contribution in [1.82, 2.24) is 9.80 Å². The SMILES string of the molecule is CSc1ccc(OCC2CCN(CCN3CCN(c4ccc(Cl)cc4)C3=O)CC2)cc1. The fourth-order valence-corrected chi connectivity index (χ4v) is 4.71. The molecule has 2 amide bonds. The lowest BCUT2D eigenvalue weighted by Crippen LogP contribution is -2.41. The van der Waals surface area contributed by atoms with Crippen LogP contribution in [0.15, 0.2) is 53.4 Å². The molecule has 0 bridgehead atoms. The van der Waals surface area contributed by atoms with E-state index in [0.717, 1.165) is 70.2 Å². The van der Waals surface area contributed by atoms with Gasteiger partial charge in [-0.3, -0.25) is 4.90 Å². The molecule has 2 aliphatic heterocycles. The molecule has 0 saturated carbocycles. The number of halogens is 1. The van der Waals surface area contributed by atoms with Crippen molar-refractivity contribution < 1.29 is 9.53 Å². The summed E-state index contributed by atoms with van der Waals surface area (Å²) in [6.45, 7) is 6.16. The summed E-state index contributed by atoms with van der Waals surface area (Å²) in [4.78, 5) is 20.3. The zero-order valence-electron chi connectivity index (χ0n) is 18.0. The number of thioether (sulfide) groups is 1. The summed E-state index contributed by atoms with van der Waals surface area (Å²) in [5.74, 6) is 1.56. The van der Waals surface area contributed by atoms with E-state index in [1.165, 1.54) is 4.90 Å². The molecule has 2 aromatic rings. The number of hydrogen-bond acceptors (Lipinski definition) is 4. The fourth-order valence-electron chi connectivity index (χ4n) is 4.18. The molecule has 2 heterocycles. The van der Waals surface area contributed by atoms with Gasteiger partial charge >= 0.3 is 6.03 Å². The summed E-state index contributed by atoms with van der Waals surface area (Å²) >= 11 is 7.71. The number of ether oxygens (including phenoxy) is 1. The van der Waals surface area contributed by atoms with Crippen LogP contribution < -0.4 is 9.64 Å². The monoisotopic (exact) mass is 459 g/mol. The van der Waals surface area contributed by atoms with Crippen LogP contribution in [0.5, 0.6) is 5.75 Å². The van der Waals surface area contributed by atoms with Crippen LogP contribution in [-0.2, 0) is 0 Å². The molecule has 7 heteroatoms. The fraction of sp³-hybridized carbons (Fsp3) is 0.458. The smallest absolute Gasteiger partial charge is 0.324 e. The number of carbonyl (C=O) groups is 1. The Morgan fingerprint density at radius 2 is 1.68 bits per heavy atom. The van der Waals surface area contributed by atoms with Gasteiger partial charge in [0.05, 0.1) is 6.61 Å². The first kappa shape index (κ1) is 22.3. The highest BCUT2D eigenvalue weighted by Gasteiger charge is 2.30. The molecule has 0 spiro atoms. The predicted molar refractivity (Wildman–Crippen MR) is 129 cm³/mol. The summed E-state index contributed by atoms with van der Waals surface area (Å²) < 4.78 is 6.00. The lowest BCUT2D eigenvalue weighted by Gasteiger charge is -2.32. The number of carbonyl (C=O) groups excluding carboxylic acids is 1. The molecule has 2 aliphatic rings. The Kier molecular flexibility index (Phi) is 7.64. The van der Waals surface area contributed by atoms with Gasteiger partial charge in [-0.25, -0.2) is 4.79 Å². The van der Waals surface area contributed by atoms with Gasteiger partial charge in [0.25, 0.3) is 0 Å². The van der Waals surface area contributed by atoms with Gasteiger partial charge in [-0.15, -0.1) is 11.8 Å². The molecule has 2 aromatic carbocycles. The Morgan fingerprint density at radius 3 is 2.35 bits per heavy atom. The maximum absolute atomic E-state index is 12.8. The molecule has 0 unspecified atom stereocenters. The number of likely N-dealkylation sites (tertiary alicyclic amines) is 1. The van der Waals surface area contributed by atoms with Crippen LogP contribution in [0.2, 0.25) is 5.02 Å². The summed E-state index contributed by atoms with van der Waals surface area (Å²) in [7, 11) is 0. The van der Waals surface area contributed by atoms with Gasteiger partial charge in [-0.1, -0.05) is 11.6 Å². The Morgan fingerprint density at radius 1 is 0.968 bits per heavy atom. The molecular formula is C24H30ClN3O2S. The average molecular weight is 460 g/mol. The van der Waals surface area contributed by atoms with E-state index in [1.807, 2.05) is 34.1 Å². The van der Waals surface area contributed by atoms with E-state index >= 15 is 0 Å². The van der Waals surface area contributed by atoms with E-state index in [0.29, 0.717) is 10.9 Å². The Balaban J connectivity index is 1.16. The normalized spacial score (nSPS) is 18.1. The van der Waals surface area contributed by atoms with Gasteiger partial charge in [-0.05, 0) is 86.6 Å². The third-order valence-corrected chi connectivity index (χ3v) is 7.17. The van der Waals surface area contributed by atoms with Crippen LogP contribution in [0.25, 0.3) is 0 Å². The molecule has 5 nitrogen and oxygen atoms in total. The molecule has 31 heavy (non-hydrogen) atoms. The van der Waals surface area contributed by atoms with Crippen LogP contribution in [0.1, 0.15) is 12.8 Å². The second-order valence-corrected chi connectivity index (χ2v) is 9.49. The third kappa shape index (κ3) is 5.88.